The molecule has 1 N–H and O–H groups in total. The van der Waals surface area contributed by atoms with Gasteiger partial charge in [0, 0.05) is 5.56 Å². The Hall–Kier alpha value is -3.01. The van der Waals surface area contributed by atoms with Crippen molar-refractivity contribution in [2.24, 2.45) is 0 Å². The molecule has 4 heteroatoms. The van der Waals surface area contributed by atoms with Gasteiger partial charge in [-0.05, 0) is 35.9 Å². The summed E-state index contributed by atoms with van der Waals surface area (Å²) in [6, 6.07) is 18.3. The van der Waals surface area contributed by atoms with Gasteiger partial charge in [-0.15, -0.1) is 0 Å². The van der Waals surface area contributed by atoms with Crippen molar-refractivity contribution in [3.8, 4) is 22.6 Å². The molecule has 104 valence electrons. The monoisotopic (exact) mass is 280 g/mol. The smallest absolute Gasteiger partial charge is 0.372 e. The number of aromatic carboxylic acids is 1. The molecule has 2 aromatic carbocycles. The van der Waals surface area contributed by atoms with Crippen molar-refractivity contribution in [2.45, 2.75) is 0 Å². The molecule has 0 radical (unpaired) electrons. The third kappa shape index (κ3) is 2.79. The number of hydrogen-bond donors (Lipinski definition) is 1. The Balaban J connectivity index is 1.84. The maximum Gasteiger partial charge on any atom is 0.372 e. The normalized spacial score (nSPS) is 10.3. The van der Waals surface area contributed by atoms with E-state index in [1.54, 1.807) is 30.3 Å². The highest BCUT2D eigenvalue weighted by atomic mass is 16.5. The molecule has 4 nitrogen and oxygen atoms in total. The van der Waals surface area contributed by atoms with E-state index in [1.165, 1.54) is 6.26 Å². The van der Waals surface area contributed by atoms with E-state index >= 15 is 0 Å². The van der Waals surface area contributed by atoms with Crippen LogP contribution in [-0.2, 0) is 0 Å². The number of rotatable bonds is 4. The minimum Gasteiger partial charge on any atom is -0.475 e. The average Bonchev–Trinajstić information content (AvgIpc) is 2.99. The van der Waals surface area contributed by atoms with Gasteiger partial charge in [-0.25, -0.2) is 4.79 Å². The fourth-order valence-corrected chi connectivity index (χ4v) is 2.03. The predicted molar refractivity (Wildman–Crippen MR) is 77.6 cm³/mol. The van der Waals surface area contributed by atoms with Gasteiger partial charge >= 0.3 is 5.97 Å². The molecule has 0 spiro atoms. The summed E-state index contributed by atoms with van der Waals surface area (Å²) in [6.45, 7) is 0. The summed E-state index contributed by atoms with van der Waals surface area (Å²) >= 11 is 0. The van der Waals surface area contributed by atoms with E-state index in [4.69, 9.17) is 14.3 Å². The second-order valence-electron chi connectivity index (χ2n) is 4.41. The molecule has 1 aromatic heterocycles. The summed E-state index contributed by atoms with van der Waals surface area (Å²) < 4.78 is 10.7. The van der Waals surface area contributed by atoms with Crippen molar-refractivity contribution in [3.63, 3.8) is 0 Å². The summed E-state index contributed by atoms with van der Waals surface area (Å²) in [4.78, 5) is 11.0. The van der Waals surface area contributed by atoms with Crippen molar-refractivity contribution in [2.75, 3.05) is 0 Å². The molecule has 3 aromatic rings. The van der Waals surface area contributed by atoms with Crippen molar-refractivity contribution in [1.29, 1.82) is 0 Å². The highest BCUT2D eigenvalue weighted by Gasteiger charge is 2.15. The van der Waals surface area contributed by atoms with Crippen LogP contribution in [0.2, 0.25) is 0 Å². The lowest BCUT2D eigenvalue weighted by Crippen LogP contribution is -1.95. The Labute approximate surface area is 121 Å². The van der Waals surface area contributed by atoms with Crippen molar-refractivity contribution in [3.05, 3.63) is 72.7 Å². The van der Waals surface area contributed by atoms with Gasteiger partial charge in [-0.3, -0.25) is 0 Å². The van der Waals surface area contributed by atoms with Gasteiger partial charge in [0.25, 0.3) is 0 Å². The molecule has 0 aliphatic carbocycles. The first-order valence-corrected chi connectivity index (χ1v) is 6.38. The van der Waals surface area contributed by atoms with Crippen LogP contribution >= 0.6 is 0 Å². The Morgan fingerprint density at radius 2 is 1.57 bits per heavy atom. The maximum absolute atomic E-state index is 11.0. The molecular weight excluding hydrogens is 268 g/mol. The Kier molecular flexibility index (Phi) is 3.43. The summed E-state index contributed by atoms with van der Waals surface area (Å²) in [5.41, 5.74) is 1.32. The number of ether oxygens (including phenoxy) is 1. The average molecular weight is 280 g/mol. The van der Waals surface area contributed by atoms with E-state index in [-0.39, 0.29) is 5.76 Å². The quantitative estimate of drug-likeness (QED) is 0.767. The van der Waals surface area contributed by atoms with E-state index in [2.05, 4.69) is 0 Å². The summed E-state index contributed by atoms with van der Waals surface area (Å²) in [7, 11) is 0. The molecule has 0 aliphatic rings. The molecule has 0 atom stereocenters. The predicted octanol–water partition coefficient (Wildman–Crippen LogP) is 4.44. The van der Waals surface area contributed by atoms with Crippen LogP contribution in [0.1, 0.15) is 10.6 Å². The van der Waals surface area contributed by atoms with Gasteiger partial charge < -0.3 is 14.3 Å². The maximum atomic E-state index is 11.0. The highest BCUT2D eigenvalue weighted by Crippen LogP contribution is 2.28. The van der Waals surface area contributed by atoms with Gasteiger partial charge in [0.1, 0.15) is 11.5 Å². The number of para-hydroxylation sites is 1. The summed E-state index contributed by atoms with van der Waals surface area (Å²) in [5, 5.41) is 9.05. The second kappa shape index (κ2) is 5.54. The molecule has 0 amide bonds. The minimum atomic E-state index is -1.08. The Bertz CT molecular complexity index is 742. The molecule has 1 heterocycles. The summed E-state index contributed by atoms with van der Waals surface area (Å²) in [6.07, 6.45) is 1.37. The van der Waals surface area contributed by atoms with E-state index in [9.17, 15) is 4.79 Å². The van der Waals surface area contributed by atoms with E-state index in [0.29, 0.717) is 11.3 Å². The number of benzene rings is 2. The number of furan rings is 1. The standard InChI is InChI=1S/C17H12O4/c18-17(19)16-15(10-11-20-16)12-6-8-14(9-7-12)21-13-4-2-1-3-5-13/h1-11H,(H,18,19). The summed E-state index contributed by atoms with van der Waals surface area (Å²) in [5.74, 6) is 0.288. The van der Waals surface area contributed by atoms with Gasteiger partial charge in [0.15, 0.2) is 0 Å². The minimum absolute atomic E-state index is 0.0632. The molecular formula is C17H12O4. The zero-order valence-electron chi connectivity index (χ0n) is 11.0. The van der Waals surface area contributed by atoms with Gasteiger partial charge in [0.2, 0.25) is 5.76 Å². The number of hydrogen-bond acceptors (Lipinski definition) is 3. The van der Waals surface area contributed by atoms with Gasteiger partial charge in [0.05, 0.1) is 6.26 Å². The SMILES string of the molecule is O=C(O)c1occc1-c1ccc(Oc2ccccc2)cc1. The van der Waals surface area contributed by atoms with Crippen LogP contribution in [0.4, 0.5) is 0 Å². The molecule has 0 saturated heterocycles. The molecule has 0 saturated carbocycles. The second-order valence-corrected chi connectivity index (χ2v) is 4.41. The largest absolute Gasteiger partial charge is 0.475 e. The van der Waals surface area contributed by atoms with E-state index in [1.807, 2.05) is 30.3 Å². The van der Waals surface area contributed by atoms with Crippen LogP contribution in [-0.4, -0.2) is 11.1 Å². The van der Waals surface area contributed by atoms with E-state index < -0.39 is 5.97 Å². The van der Waals surface area contributed by atoms with Crippen LogP contribution in [0.3, 0.4) is 0 Å². The van der Waals surface area contributed by atoms with Crippen molar-refractivity contribution >= 4 is 5.97 Å². The zero-order chi connectivity index (χ0) is 14.7. The van der Waals surface area contributed by atoms with Crippen LogP contribution < -0.4 is 4.74 Å². The molecule has 0 bridgehead atoms. The Morgan fingerprint density at radius 3 is 2.24 bits per heavy atom. The lowest BCUT2D eigenvalue weighted by atomic mass is 10.1. The number of carboxylic acid groups (broad SMARTS) is 1. The molecule has 0 unspecified atom stereocenters. The molecule has 3 rings (SSSR count). The van der Waals surface area contributed by atoms with Crippen LogP contribution in [0.25, 0.3) is 11.1 Å². The third-order valence-corrected chi connectivity index (χ3v) is 3.00. The van der Waals surface area contributed by atoms with Crippen LogP contribution in [0.15, 0.2) is 71.3 Å². The van der Waals surface area contributed by atoms with Crippen molar-refractivity contribution in [1.82, 2.24) is 0 Å². The van der Waals surface area contributed by atoms with Crippen molar-refractivity contribution < 1.29 is 19.1 Å². The Morgan fingerprint density at radius 1 is 0.905 bits per heavy atom. The third-order valence-electron chi connectivity index (χ3n) is 3.00. The number of carbonyl (C=O) groups is 1. The fourth-order valence-electron chi connectivity index (χ4n) is 2.03. The molecule has 0 fully saturated rings. The first-order chi connectivity index (χ1) is 10.2. The highest BCUT2D eigenvalue weighted by molar-refractivity contribution is 5.93. The zero-order valence-corrected chi connectivity index (χ0v) is 11.0. The lowest BCUT2D eigenvalue weighted by Gasteiger charge is -2.06. The van der Waals surface area contributed by atoms with Crippen LogP contribution in [0, 0.1) is 0 Å². The fraction of sp³-hybridized carbons (Fsp3) is 0. The number of carboxylic acids is 1. The van der Waals surface area contributed by atoms with Crippen LogP contribution in [0.5, 0.6) is 11.5 Å². The van der Waals surface area contributed by atoms with Gasteiger partial charge in [-0.1, -0.05) is 30.3 Å². The lowest BCUT2D eigenvalue weighted by molar-refractivity contribution is 0.0663. The van der Waals surface area contributed by atoms with E-state index in [0.717, 1.165) is 11.3 Å². The van der Waals surface area contributed by atoms with Gasteiger partial charge in [-0.2, -0.15) is 0 Å². The molecule has 0 aliphatic heterocycles. The topological polar surface area (TPSA) is 59.7 Å². The molecule has 21 heavy (non-hydrogen) atoms. The first-order valence-electron chi connectivity index (χ1n) is 6.38. The first kappa shape index (κ1) is 13.0.